The maximum absolute atomic E-state index is 13.3. The van der Waals surface area contributed by atoms with Crippen molar-refractivity contribution in [2.75, 3.05) is 31.6 Å². The minimum Gasteiger partial charge on any atom is -0.497 e. The molecule has 1 amide bonds. The number of nitrogens with zero attached hydrogens (tertiary/aromatic N) is 3. The lowest BCUT2D eigenvalue weighted by Crippen LogP contribution is -2.60. The van der Waals surface area contributed by atoms with Gasteiger partial charge in [-0.25, -0.2) is 18.9 Å². The summed E-state index contributed by atoms with van der Waals surface area (Å²) >= 11 is 4.93. The lowest BCUT2D eigenvalue weighted by molar-refractivity contribution is -0.133. The molecule has 0 spiro atoms. The van der Waals surface area contributed by atoms with Crippen LogP contribution in [-0.4, -0.2) is 61.6 Å². The molecule has 0 aliphatic carbocycles. The first-order valence-electron chi connectivity index (χ1n) is 9.90. The van der Waals surface area contributed by atoms with Gasteiger partial charge >= 0.3 is 0 Å². The standard InChI is InChI=1S/C21H21BrN4O5S2/c1-31-14-6-8-15(9-7-14)33(29,30)26-11-10-25(12-19(26)20(27)24-28)21-23-18(13-32-21)16-4-2-3-5-17(16)22/h2-9,13,19,28H,10-12H2,1H3,(H,24,27). The summed E-state index contributed by atoms with van der Waals surface area (Å²) in [4.78, 5) is 19.0. The predicted octanol–water partition coefficient (Wildman–Crippen LogP) is 2.97. The number of amides is 1. The van der Waals surface area contributed by atoms with Gasteiger partial charge in [-0.3, -0.25) is 10.0 Å². The van der Waals surface area contributed by atoms with E-state index >= 15 is 0 Å². The molecule has 2 aromatic carbocycles. The number of anilines is 1. The molecule has 0 saturated carbocycles. The second kappa shape index (κ2) is 9.77. The molecule has 1 atom stereocenters. The molecule has 174 valence electrons. The molecule has 1 unspecified atom stereocenters. The summed E-state index contributed by atoms with van der Waals surface area (Å²) in [6, 6.07) is 12.5. The molecule has 9 nitrogen and oxygen atoms in total. The van der Waals surface area contributed by atoms with Crippen molar-refractivity contribution in [1.29, 1.82) is 0 Å². The van der Waals surface area contributed by atoms with Crippen molar-refractivity contribution < 1.29 is 23.2 Å². The van der Waals surface area contributed by atoms with E-state index in [-0.39, 0.29) is 18.0 Å². The number of benzene rings is 2. The molecule has 0 bridgehead atoms. The predicted molar refractivity (Wildman–Crippen MR) is 128 cm³/mol. The number of carbonyl (C=O) groups is 1. The van der Waals surface area contributed by atoms with Gasteiger partial charge in [-0.05, 0) is 30.3 Å². The van der Waals surface area contributed by atoms with E-state index in [4.69, 9.17) is 4.74 Å². The molecule has 0 radical (unpaired) electrons. The highest BCUT2D eigenvalue weighted by molar-refractivity contribution is 9.10. The Morgan fingerprint density at radius 2 is 1.94 bits per heavy atom. The van der Waals surface area contributed by atoms with Gasteiger partial charge in [0.2, 0.25) is 10.0 Å². The first-order chi connectivity index (χ1) is 15.8. The molecule has 3 aromatic rings. The van der Waals surface area contributed by atoms with Crippen LogP contribution in [0.3, 0.4) is 0 Å². The van der Waals surface area contributed by atoms with Crippen LogP contribution in [0.1, 0.15) is 0 Å². The lowest BCUT2D eigenvalue weighted by Gasteiger charge is -2.39. The average Bonchev–Trinajstić information content (AvgIpc) is 3.33. The normalized spacial score (nSPS) is 17.1. The van der Waals surface area contributed by atoms with Gasteiger partial charge in [0, 0.05) is 35.1 Å². The summed E-state index contributed by atoms with van der Waals surface area (Å²) in [5, 5.41) is 11.9. The second-order valence-corrected chi connectivity index (χ2v) is 10.8. The van der Waals surface area contributed by atoms with Gasteiger partial charge in [0.15, 0.2) is 5.13 Å². The Morgan fingerprint density at radius 1 is 1.21 bits per heavy atom. The Bertz CT molecular complexity index is 1250. The summed E-state index contributed by atoms with van der Waals surface area (Å²) in [5.41, 5.74) is 3.31. The number of rotatable bonds is 6. The quantitative estimate of drug-likeness (QED) is 0.357. The first-order valence-corrected chi connectivity index (χ1v) is 13.0. The van der Waals surface area contributed by atoms with Gasteiger partial charge in [0.1, 0.15) is 11.8 Å². The van der Waals surface area contributed by atoms with E-state index in [1.54, 1.807) is 17.6 Å². The third kappa shape index (κ3) is 4.75. The van der Waals surface area contributed by atoms with Gasteiger partial charge in [-0.15, -0.1) is 11.3 Å². The minimum absolute atomic E-state index is 0.0398. The van der Waals surface area contributed by atoms with E-state index in [0.29, 0.717) is 17.4 Å². The highest BCUT2D eigenvalue weighted by Crippen LogP contribution is 2.33. The van der Waals surface area contributed by atoms with Crippen LogP contribution in [0.5, 0.6) is 5.75 Å². The summed E-state index contributed by atoms with van der Waals surface area (Å²) in [6.45, 7) is 0.439. The molecule has 1 aliphatic rings. The van der Waals surface area contributed by atoms with E-state index < -0.39 is 22.0 Å². The number of carbonyl (C=O) groups excluding carboxylic acids is 1. The Hall–Kier alpha value is -2.51. The number of halogens is 1. The van der Waals surface area contributed by atoms with E-state index in [1.807, 2.05) is 34.5 Å². The smallest absolute Gasteiger partial charge is 0.263 e. The highest BCUT2D eigenvalue weighted by atomic mass is 79.9. The van der Waals surface area contributed by atoms with Gasteiger partial charge in [-0.1, -0.05) is 34.1 Å². The van der Waals surface area contributed by atoms with Crippen molar-refractivity contribution in [3.63, 3.8) is 0 Å². The van der Waals surface area contributed by atoms with Crippen molar-refractivity contribution in [3.8, 4) is 17.0 Å². The molecular weight excluding hydrogens is 532 g/mol. The van der Waals surface area contributed by atoms with E-state index in [9.17, 15) is 18.4 Å². The summed E-state index contributed by atoms with van der Waals surface area (Å²) in [6.07, 6.45) is 0. The lowest BCUT2D eigenvalue weighted by atomic mass is 10.2. The van der Waals surface area contributed by atoms with Crippen LogP contribution < -0.4 is 15.1 Å². The van der Waals surface area contributed by atoms with Crippen molar-refractivity contribution in [2.24, 2.45) is 0 Å². The Labute approximate surface area is 203 Å². The van der Waals surface area contributed by atoms with E-state index in [0.717, 1.165) is 20.0 Å². The number of nitrogens with one attached hydrogen (secondary N) is 1. The van der Waals surface area contributed by atoms with Crippen LogP contribution in [-0.2, 0) is 14.8 Å². The van der Waals surface area contributed by atoms with Crippen molar-refractivity contribution in [2.45, 2.75) is 10.9 Å². The van der Waals surface area contributed by atoms with Crippen LogP contribution in [0.15, 0.2) is 63.3 Å². The molecule has 12 heteroatoms. The molecule has 1 aliphatic heterocycles. The van der Waals surface area contributed by atoms with Crippen LogP contribution in [0.2, 0.25) is 0 Å². The molecule has 4 rings (SSSR count). The fourth-order valence-corrected chi connectivity index (χ4v) is 6.52. The molecule has 1 fully saturated rings. The van der Waals surface area contributed by atoms with Crippen LogP contribution >= 0.6 is 27.3 Å². The third-order valence-corrected chi connectivity index (χ3v) is 8.84. The SMILES string of the molecule is COc1ccc(S(=O)(=O)N2CCN(c3nc(-c4ccccc4Br)cs3)CC2C(=O)NO)cc1. The number of ether oxygens (including phenoxy) is 1. The Morgan fingerprint density at radius 3 is 2.61 bits per heavy atom. The second-order valence-electron chi connectivity index (χ2n) is 7.22. The number of piperazine rings is 1. The molecule has 1 aromatic heterocycles. The average molecular weight is 553 g/mol. The maximum atomic E-state index is 13.3. The molecule has 33 heavy (non-hydrogen) atoms. The van der Waals surface area contributed by atoms with Gasteiger partial charge in [0.05, 0.1) is 17.7 Å². The fraction of sp³-hybridized carbons (Fsp3) is 0.238. The number of hydroxylamine groups is 1. The topological polar surface area (TPSA) is 112 Å². The monoisotopic (exact) mass is 552 g/mol. The van der Waals surface area contributed by atoms with Crippen molar-refractivity contribution in [1.82, 2.24) is 14.8 Å². The van der Waals surface area contributed by atoms with Gasteiger partial charge < -0.3 is 9.64 Å². The minimum atomic E-state index is -3.98. The number of hydrogen-bond donors (Lipinski definition) is 2. The van der Waals surface area contributed by atoms with Crippen molar-refractivity contribution >= 4 is 48.3 Å². The summed E-state index contributed by atoms with van der Waals surface area (Å²) < 4.78 is 33.7. The Kier molecular flexibility index (Phi) is 7.00. The fourth-order valence-electron chi connectivity index (χ4n) is 3.60. The zero-order valence-electron chi connectivity index (χ0n) is 17.5. The summed E-state index contributed by atoms with van der Waals surface area (Å²) in [7, 11) is -2.49. The highest BCUT2D eigenvalue weighted by Gasteiger charge is 2.40. The number of thiazole rings is 1. The van der Waals surface area contributed by atoms with Crippen LogP contribution in [0, 0.1) is 0 Å². The first kappa shape index (κ1) is 23.6. The molecule has 2 heterocycles. The number of hydrogen-bond acceptors (Lipinski definition) is 8. The zero-order chi connectivity index (χ0) is 23.6. The zero-order valence-corrected chi connectivity index (χ0v) is 20.7. The largest absolute Gasteiger partial charge is 0.497 e. The van der Waals surface area contributed by atoms with E-state index in [2.05, 4.69) is 20.9 Å². The van der Waals surface area contributed by atoms with Gasteiger partial charge in [0.25, 0.3) is 5.91 Å². The molecule has 2 N–H and O–H groups in total. The third-order valence-electron chi connectivity index (χ3n) is 5.32. The summed E-state index contributed by atoms with van der Waals surface area (Å²) in [5.74, 6) is -0.285. The maximum Gasteiger partial charge on any atom is 0.263 e. The number of methoxy groups -OCH3 is 1. The van der Waals surface area contributed by atoms with Crippen LogP contribution in [0.25, 0.3) is 11.3 Å². The number of sulfonamides is 1. The molecule has 1 saturated heterocycles. The van der Waals surface area contributed by atoms with Gasteiger partial charge in [-0.2, -0.15) is 4.31 Å². The van der Waals surface area contributed by atoms with Crippen molar-refractivity contribution in [3.05, 3.63) is 58.4 Å². The van der Waals surface area contributed by atoms with E-state index in [1.165, 1.54) is 30.6 Å². The Balaban J connectivity index is 1.60. The number of aromatic nitrogens is 1. The molecular formula is C21H21BrN4O5S2. The van der Waals surface area contributed by atoms with Crippen LogP contribution in [0.4, 0.5) is 5.13 Å².